The van der Waals surface area contributed by atoms with E-state index >= 15 is 0 Å². The maximum atomic E-state index is 13.4. The van der Waals surface area contributed by atoms with Gasteiger partial charge in [0.05, 0.1) is 17.4 Å². The molecule has 2 aliphatic rings. The van der Waals surface area contributed by atoms with E-state index in [0.717, 1.165) is 24.3 Å². The zero-order valence-electron chi connectivity index (χ0n) is 18.2. The van der Waals surface area contributed by atoms with Crippen molar-refractivity contribution in [2.24, 2.45) is 11.8 Å². The summed E-state index contributed by atoms with van der Waals surface area (Å²) in [5.41, 5.74) is 2.77. The molecule has 1 saturated carbocycles. The molecule has 32 heavy (non-hydrogen) atoms. The minimum absolute atomic E-state index is 0.0620. The fourth-order valence-corrected chi connectivity index (χ4v) is 5.13. The number of amides is 2. The van der Waals surface area contributed by atoms with Crippen molar-refractivity contribution < 1.29 is 19.9 Å². The number of benzene rings is 2. The predicted octanol–water partition coefficient (Wildman–Crippen LogP) is 2.23. The van der Waals surface area contributed by atoms with Crippen LogP contribution in [0.25, 0.3) is 0 Å². The molecule has 2 fully saturated rings. The van der Waals surface area contributed by atoms with Gasteiger partial charge in [0.15, 0.2) is 0 Å². The quantitative estimate of drug-likeness (QED) is 0.493. The number of rotatable bonds is 5. The molecule has 170 valence electrons. The number of hydrogen-bond acceptors (Lipinski definition) is 5. The summed E-state index contributed by atoms with van der Waals surface area (Å²) in [7, 11) is 0. The zero-order chi connectivity index (χ0) is 22.6. The van der Waals surface area contributed by atoms with Crippen LogP contribution in [0, 0.1) is 11.8 Å². The van der Waals surface area contributed by atoms with Crippen molar-refractivity contribution in [3.8, 4) is 0 Å². The first-order valence-electron chi connectivity index (χ1n) is 11.3. The molecule has 7 heteroatoms. The number of para-hydroxylation sites is 1. The first-order valence-corrected chi connectivity index (χ1v) is 11.3. The summed E-state index contributed by atoms with van der Waals surface area (Å²) in [4.78, 5) is 29.9. The molecular weight excluding hydrogens is 406 g/mol. The third kappa shape index (κ3) is 4.95. The van der Waals surface area contributed by atoms with Crippen LogP contribution in [-0.4, -0.2) is 58.8 Å². The van der Waals surface area contributed by atoms with Crippen LogP contribution in [0.3, 0.4) is 0 Å². The fraction of sp³-hybridized carbons (Fsp3) is 0.440. The van der Waals surface area contributed by atoms with Gasteiger partial charge in [-0.2, -0.15) is 0 Å². The second-order valence-electron chi connectivity index (χ2n) is 8.97. The molecule has 4 rings (SSSR count). The standard InChI is InChI=1S/C25H31N3O4/c29-23(26-32)22-18-25(31,17-19-7-3-1-4-8-19)12-11-21(22)24(30)28-15-13-27(14-16-28)20-9-5-2-6-10-20/h1-10,21-22,31-32H,11-18H2,(H,26,29)/t21-,22-,25-/m0/s1. The fourth-order valence-electron chi connectivity index (χ4n) is 5.13. The van der Waals surface area contributed by atoms with Crippen molar-refractivity contribution in [2.45, 2.75) is 31.3 Å². The average molecular weight is 438 g/mol. The molecule has 1 aliphatic heterocycles. The summed E-state index contributed by atoms with van der Waals surface area (Å²) in [5.74, 6) is -1.96. The van der Waals surface area contributed by atoms with Gasteiger partial charge in [0.25, 0.3) is 0 Å². The summed E-state index contributed by atoms with van der Waals surface area (Å²) < 4.78 is 0. The van der Waals surface area contributed by atoms with E-state index in [9.17, 15) is 19.9 Å². The van der Waals surface area contributed by atoms with E-state index in [0.29, 0.717) is 32.4 Å². The molecule has 0 spiro atoms. The number of carbonyl (C=O) groups is 2. The van der Waals surface area contributed by atoms with Crippen molar-refractivity contribution in [3.05, 3.63) is 66.2 Å². The minimum Gasteiger partial charge on any atom is -0.390 e. The summed E-state index contributed by atoms with van der Waals surface area (Å²) in [6, 6.07) is 19.8. The maximum absolute atomic E-state index is 13.4. The van der Waals surface area contributed by atoms with Crippen molar-refractivity contribution in [1.29, 1.82) is 0 Å². The molecule has 3 N–H and O–H groups in total. The Morgan fingerprint density at radius 1 is 0.938 bits per heavy atom. The normalized spacial score (nSPS) is 25.9. The minimum atomic E-state index is -1.08. The lowest BCUT2D eigenvalue weighted by molar-refractivity contribution is -0.153. The first-order chi connectivity index (χ1) is 15.5. The smallest absolute Gasteiger partial charge is 0.247 e. The Balaban J connectivity index is 1.42. The predicted molar refractivity (Wildman–Crippen MR) is 121 cm³/mol. The highest BCUT2D eigenvalue weighted by atomic mass is 16.5. The number of hydroxylamine groups is 1. The van der Waals surface area contributed by atoms with Gasteiger partial charge in [-0.15, -0.1) is 0 Å². The van der Waals surface area contributed by atoms with E-state index in [4.69, 9.17) is 0 Å². The molecule has 3 atom stereocenters. The van der Waals surface area contributed by atoms with Crippen molar-refractivity contribution in [3.63, 3.8) is 0 Å². The van der Waals surface area contributed by atoms with Crippen molar-refractivity contribution in [1.82, 2.24) is 10.4 Å². The number of piperazine rings is 1. The highest BCUT2D eigenvalue weighted by Crippen LogP contribution is 2.40. The Kier molecular flexibility index (Phi) is 6.77. The van der Waals surface area contributed by atoms with Gasteiger partial charge in [0.1, 0.15) is 0 Å². The number of nitrogens with zero attached hydrogens (tertiary/aromatic N) is 2. The molecule has 2 amide bonds. The summed E-state index contributed by atoms with van der Waals surface area (Å²) in [6.07, 6.45) is 1.42. The molecule has 0 bridgehead atoms. The van der Waals surface area contributed by atoms with Gasteiger partial charge in [-0.3, -0.25) is 14.8 Å². The Hall–Kier alpha value is -2.90. The van der Waals surface area contributed by atoms with Gasteiger partial charge in [-0.05, 0) is 37.0 Å². The third-order valence-corrected chi connectivity index (χ3v) is 6.86. The molecule has 0 radical (unpaired) electrons. The molecule has 7 nitrogen and oxygen atoms in total. The van der Waals surface area contributed by atoms with E-state index < -0.39 is 23.3 Å². The summed E-state index contributed by atoms with van der Waals surface area (Å²) in [6.45, 7) is 2.65. The van der Waals surface area contributed by atoms with Gasteiger partial charge in [-0.25, -0.2) is 5.48 Å². The maximum Gasteiger partial charge on any atom is 0.247 e. The molecular formula is C25H31N3O4. The van der Waals surface area contributed by atoms with Crippen LogP contribution in [0.4, 0.5) is 5.69 Å². The number of carbonyl (C=O) groups excluding carboxylic acids is 2. The highest BCUT2D eigenvalue weighted by molar-refractivity contribution is 5.87. The van der Waals surface area contributed by atoms with Crippen LogP contribution in [-0.2, 0) is 16.0 Å². The lowest BCUT2D eigenvalue weighted by atomic mass is 9.68. The summed E-state index contributed by atoms with van der Waals surface area (Å²) in [5, 5.41) is 20.5. The summed E-state index contributed by atoms with van der Waals surface area (Å²) >= 11 is 0. The topological polar surface area (TPSA) is 93.1 Å². The van der Waals surface area contributed by atoms with E-state index in [1.807, 2.05) is 53.4 Å². The number of hydrogen-bond donors (Lipinski definition) is 3. The molecule has 1 aliphatic carbocycles. The monoisotopic (exact) mass is 437 g/mol. The third-order valence-electron chi connectivity index (χ3n) is 6.86. The molecule has 0 aromatic heterocycles. The van der Waals surface area contributed by atoms with Gasteiger partial charge < -0.3 is 14.9 Å². The Morgan fingerprint density at radius 2 is 1.56 bits per heavy atom. The van der Waals surface area contributed by atoms with E-state index in [-0.39, 0.29) is 12.3 Å². The van der Waals surface area contributed by atoms with Gasteiger partial charge >= 0.3 is 0 Å². The molecule has 0 unspecified atom stereocenters. The van der Waals surface area contributed by atoms with Crippen molar-refractivity contribution >= 4 is 17.5 Å². The van der Waals surface area contributed by atoms with Crippen LogP contribution >= 0.6 is 0 Å². The average Bonchev–Trinajstić information content (AvgIpc) is 2.84. The molecule has 2 aromatic rings. The van der Waals surface area contributed by atoms with Crippen molar-refractivity contribution in [2.75, 3.05) is 31.1 Å². The second kappa shape index (κ2) is 9.71. The number of aliphatic hydroxyl groups is 1. The van der Waals surface area contributed by atoms with Gasteiger partial charge in [0.2, 0.25) is 11.8 Å². The lowest BCUT2D eigenvalue weighted by Crippen LogP contribution is -2.55. The highest BCUT2D eigenvalue weighted by Gasteiger charge is 2.46. The van der Waals surface area contributed by atoms with Gasteiger partial charge in [0, 0.05) is 38.3 Å². The van der Waals surface area contributed by atoms with E-state index in [1.54, 1.807) is 5.48 Å². The van der Waals surface area contributed by atoms with Crippen LogP contribution in [0.1, 0.15) is 24.8 Å². The number of nitrogens with one attached hydrogen (secondary N) is 1. The Bertz CT molecular complexity index is 915. The number of anilines is 1. The van der Waals surface area contributed by atoms with Gasteiger partial charge in [-0.1, -0.05) is 48.5 Å². The van der Waals surface area contributed by atoms with Crippen LogP contribution < -0.4 is 10.4 Å². The Labute approximate surface area is 188 Å². The second-order valence-corrected chi connectivity index (χ2v) is 8.97. The lowest BCUT2D eigenvalue weighted by Gasteiger charge is -2.43. The zero-order valence-corrected chi connectivity index (χ0v) is 18.2. The largest absolute Gasteiger partial charge is 0.390 e. The molecule has 1 saturated heterocycles. The molecule has 1 heterocycles. The first kappa shape index (κ1) is 22.3. The SMILES string of the molecule is O=C(NO)[C@H]1C[C@@](O)(Cc2ccccc2)CC[C@@H]1C(=O)N1CCN(c2ccccc2)CC1. The van der Waals surface area contributed by atoms with E-state index in [1.165, 1.54) is 0 Å². The van der Waals surface area contributed by atoms with Crippen LogP contribution in [0.15, 0.2) is 60.7 Å². The Morgan fingerprint density at radius 3 is 2.19 bits per heavy atom. The van der Waals surface area contributed by atoms with E-state index in [2.05, 4.69) is 17.0 Å². The van der Waals surface area contributed by atoms with Crippen LogP contribution in [0.5, 0.6) is 0 Å². The molecule has 2 aromatic carbocycles. The van der Waals surface area contributed by atoms with Crippen LogP contribution in [0.2, 0.25) is 0 Å².